The number of ether oxygens (including phenoxy) is 1. The second-order valence-corrected chi connectivity index (χ2v) is 13.5. The SMILES string of the molecule is Cc1cc2[nH]ncc2c(-c2ncc3c(N4CCC[C@@](C)(O)C4)nc(OC[C@@]45CCCN4C[C@H](F)C5)nc3c2F)c1C1CC1. The Morgan fingerprint density at radius 1 is 1.14 bits per heavy atom. The molecule has 3 atom stereocenters. The summed E-state index contributed by atoms with van der Waals surface area (Å²) < 4.78 is 37.6. The highest BCUT2D eigenvalue weighted by Crippen LogP contribution is 2.49. The highest BCUT2D eigenvalue weighted by molar-refractivity contribution is 5.99. The van der Waals surface area contributed by atoms with Crippen LogP contribution in [0.4, 0.5) is 14.6 Å². The molecule has 1 aliphatic carbocycles. The van der Waals surface area contributed by atoms with Gasteiger partial charge < -0.3 is 14.7 Å². The zero-order chi connectivity index (χ0) is 29.5. The third-order valence-corrected chi connectivity index (χ3v) is 10.1. The van der Waals surface area contributed by atoms with E-state index in [1.165, 1.54) is 0 Å². The summed E-state index contributed by atoms with van der Waals surface area (Å²) in [5, 5.41) is 19.5. The van der Waals surface area contributed by atoms with Gasteiger partial charge in [-0.15, -0.1) is 0 Å². The molecule has 4 fully saturated rings. The molecule has 0 amide bonds. The van der Waals surface area contributed by atoms with Crippen molar-refractivity contribution in [1.29, 1.82) is 0 Å². The Kier molecular flexibility index (Phi) is 6.17. The van der Waals surface area contributed by atoms with Crippen LogP contribution in [0.1, 0.15) is 68.9 Å². The molecule has 11 heteroatoms. The van der Waals surface area contributed by atoms with E-state index in [4.69, 9.17) is 14.7 Å². The van der Waals surface area contributed by atoms with Gasteiger partial charge in [-0.2, -0.15) is 15.1 Å². The first-order valence-electron chi connectivity index (χ1n) is 15.5. The Morgan fingerprint density at radius 3 is 2.79 bits per heavy atom. The van der Waals surface area contributed by atoms with Crippen molar-refractivity contribution in [3.63, 3.8) is 0 Å². The average Bonchev–Trinajstić information content (AvgIpc) is 3.43. The number of pyridine rings is 1. The van der Waals surface area contributed by atoms with E-state index in [9.17, 15) is 9.50 Å². The van der Waals surface area contributed by atoms with Crippen molar-refractivity contribution >= 4 is 27.6 Å². The fraction of sp³-hybridized carbons (Fsp3) is 0.562. The van der Waals surface area contributed by atoms with Gasteiger partial charge in [0.1, 0.15) is 29.8 Å². The number of aliphatic hydroxyl groups is 1. The fourth-order valence-corrected chi connectivity index (χ4v) is 7.95. The number of hydrogen-bond donors (Lipinski definition) is 2. The lowest BCUT2D eigenvalue weighted by Gasteiger charge is -2.38. The number of aryl methyl sites for hydroxylation is 1. The number of nitrogens with zero attached hydrogens (tertiary/aromatic N) is 6. The molecule has 9 nitrogen and oxygen atoms in total. The van der Waals surface area contributed by atoms with Gasteiger partial charge in [0.2, 0.25) is 0 Å². The Balaban J connectivity index is 1.27. The first-order chi connectivity index (χ1) is 20.7. The van der Waals surface area contributed by atoms with Crippen molar-refractivity contribution in [3.05, 3.63) is 35.4 Å². The number of nitrogens with one attached hydrogen (secondary N) is 1. The van der Waals surface area contributed by atoms with E-state index < -0.39 is 17.6 Å². The van der Waals surface area contributed by atoms with Gasteiger partial charge in [0.05, 0.1) is 28.2 Å². The highest BCUT2D eigenvalue weighted by Gasteiger charge is 2.49. The minimum Gasteiger partial charge on any atom is -0.461 e. The smallest absolute Gasteiger partial charge is 0.319 e. The first kappa shape index (κ1) is 27.1. The number of alkyl halides is 1. The van der Waals surface area contributed by atoms with E-state index in [0.29, 0.717) is 49.6 Å². The lowest BCUT2D eigenvalue weighted by molar-refractivity contribution is 0.0447. The summed E-state index contributed by atoms with van der Waals surface area (Å²) in [6.45, 7) is 6.39. The molecule has 4 aliphatic rings. The summed E-state index contributed by atoms with van der Waals surface area (Å²) in [5.41, 5.74) is 2.87. The number of fused-ring (bicyclic) bond motifs is 3. The van der Waals surface area contributed by atoms with Gasteiger partial charge in [0.25, 0.3) is 0 Å². The molecule has 43 heavy (non-hydrogen) atoms. The van der Waals surface area contributed by atoms with Crippen LogP contribution in [0.15, 0.2) is 18.5 Å². The zero-order valence-corrected chi connectivity index (χ0v) is 24.7. The van der Waals surface area contributed by atoms with Crippen LogP contribution >= 0.6 is 0 Å². The van der Waals surface area contributed by atoms with Crippen molar-refractivity contribution in [3.8, 4) is 17.3 Å². The summed E-state index contributed by atoms with van der Waals surface area (Å²) in [6, 6.07) is 2.14. The summed E-state index contributed by atoms with van der Waals surface area (Å²) in [7, 11) is 0. The molecule has 3 aromatic heterocycles. The Morgan fingerprint density at radius 2 is 1.98 bits per heavy atom. The molecular formula is C32H37F2N7O2. The lowest BCUT2D eigenvalue weighted by Crippen LogP contribution is -2.46. The minimum atomic E-state index is -0.903. The van der Waals surface area contributed by atoms with Crippen LogP contribution in [0, 0.1) is 12.7 Å². The van der Waals surface area contributed by atoms with Crippen molar-refractivity contribution in [2.75, 3.05) is 37.7 Å². The molecule has 0 bridgehead atoms. The van der Waals surface area contributed by atoms with E-state index in [1.54, 1.807) is 12.4 Å². The molecule has 1 aromatic carbocycles. The zero-order valence-electron chi connectivity index (χ0n) is 24.7. The van der Waals surface area contributed by atoms with Crippen LogP contribution in [0.25, 0.3) is 33.1 Å². The molecule has 3 saturated heterocycles. The highest BCUT2D eigenvalue weighted by atomic mass is 19.1. The average molecular weight is 590 g/mol. The Bertz CT molecular complexity index is 1740. The molecule has 6 heterocycles. The Labute approximate surface area is 248 Å². The predicted molar refractivity (Wildman–Crippen MR) is 160 cm³/mol. The van der Waals surface area contributed by atoms with Gasteiger partial charge in [-0.1, -0.05) is 0 Å². The quantitative estimate of drug-likeness (QED) is 0.317. The fourth-order valence-electron chi connectivity index (χ4n) is 7.95. The minimum absolute atomic E-state index is 0.0624. The van der Waals surface area contributed by atoms with Crippen molar-refractivity contribution in [1.82, 2.24) is 30.0 Å². The van der Waals surface area contributed by atoms with E-state index in [1.807, 2.05) is 11.8 Å². The largest absolute Gasteiger partial charge is 0.461 e. The van der Waals surface area contributed by atoms with Crippen molar-refractivity contribution in [2.24, 2.45) is 0 Å². The number of rotatable bonds is 6. The number of anilines is 1. The van der Waals surface area contributed by atoms with Gasteiger partial charge in [-0.25, -0.2) is 8.78 Å². The summed E-state index contributed by atoms with van der Waals surface area (Å²) in [4.78, 5) is 18.3. The molecule has 0 unspecified atom stereocenters. The molecule has 0 spiro atoms. The molecule has 226 valence electrons. The molecule has 2 N–H and O–H groups in total. The van der Waals surface area contributed by atoms with Crippen LogP contribution in [0.2, 0.25) is 0 Å². The maximum absolute atomic E-state index is 16.9. The Hall–Kier alpha value is -3.44. The molecule has 0 radical (unpaired) electrons. The van der Waals surface area contributed by atoms with E-state index in [2.05, 4.69) is 33.1 Å². The third kappa shape index (κ3) is 4.54. The number of aromatic nitrogens is 5. The van der Waals surface area contributed by atoms with Gasteiger partial charge >= 0.3 is 6.01 Å². The van der Waals surface area contributed by atoms with E-state index >= 15 is 4.39 Å². The van der Waals surface area contributed by atoms with Gasteiger partial charge in [-0.3, -0.25) is 15.0 Å². The normalized spacial score (nSPS) is 27.8. The second-order valence-electron chi connectivity index (χ2n) is 13.5. The van der Waals surface area contributed by atoms with Gasteiger partial charge in [0, 0.05) is 43.2 Å². The number of hydrogen-bond acceptors (Lipinski definition) is 8. The molecule has 4 aromatic rings. The topological polar surface area (TPSA) is 103 Å². The summed E-state index contributed by atoms with van der Waals surface area (Å²) in [6.07, 6.45) is 8.34. The molecule has 8 rings (SSSR count). The van der Waals surface area contributed by atoms with Crippen molar-refractivity contribution < 1.29 is 18.6 Å². The number of H-pyrrole nitrogens is 1. The molecule has 3 aliphatic heterocycles. The predicted octanol–water partition coefficient (Wildman–Crippen LogP) is 5.20. The standard InChI is InChI=1S/C32H37F2N7O2/c1-18-11-23-21(14-36-39-23)25(24(18)19-5-6-19)28-26(34)27-22(13-35-28)29(40-9-3-7-31(2,42)16-40)38-30(37-27)43-17-32-8-4-10-41(32)15-20(33)12-32/h11,13-14,19-20,42H,3-10,12,15-17H2,1-2H3,(H,36,39)/t20-,31-,32+/m1/s1. The first-order valence-corrected chi connectivity index (χ1v) is 15.5. The lowest BCUT2D eigenvalue weighted by atomic mass is 9.92. The number of piperidine rings is 1. The van der Waals surface area contributed by atoms with Crippen LogP contribution in [0.5, 0.6) is 6.01 Å². The number of halogens is 2. The van der Waals surface area contributed by atoms with Gasteiger partial charge in [0.15, 0.2) is 5.82 Å². The number of benzene rings is 1. The van der Waals surface area contributed by atoms with E-state index in [-0.39, 0.29) is 29.4 Å². The van der Waals surface area contributed by atoms with Crippen LogP contribution in [-0.2, 0) is 0 Å². The maximum Gasteiger partial charge on any atom is 0.319 e. The molecule has 1 saturated carbocycles. The maximum atomic E-state index is 16.9. The van der Waals surface area contributed by atoms with Gasteiger partial charge in [-0.05, 0) is 82.0 Å². The number of β-amino-alcohol motifs (C(OH)–C–C–N with tert-alkyl or cyclic N) is 1. The molecular weight excluding hydrogens is 552 g/mol. The number of aromatic amines is 1. The van der Waals surface area contributed by atoms with Crippen LogP contribution in [0.3, 0.4) is 0 Å². The van der Waals surface area contributed by atoms with E-state index in [0.717, 1.165) is 66.2 Å². The second kappa shape index (κ2) is 9.79. The van der Waals surface area contributed by atoms with Crippen LogP contribution in [-0.4, -0.2) is 85.3 Å². The monoisotopic (exact) mass is 589 g/mol. The summed E-state index contributed by atoms with van der Waals surface area (Å²) in [5.74, 6) is 0.324. The third-order valence-electron chi connectivity index (χ3n) is 10.1. The van der Waals surface area contributed by atoms with Crippen LogP contribution < -0.4 is 9.64 Å². The van der Waals surface area contributed by atoms with Crippen molar-refractivity contribution in [2.45, 2.75) is 82.0 Å². The summed E-state index contributed by atoms with van der Waals surface area (Å²) >= 11 is 0.